The van der Waals surface area contributed by atoms with E-state index in [0.29, 0.717) is 17.6 Å². The highest BCUT2D eigenvalue weighted by molar-refractivity contribution is 5.91. The molecule has 2 heterocycles. The summed E-state index contributed by atoms with van der Waals surface area (Å²) in [6, 6.07) is 15.3. The lowest BCUT2D eigenvalue weighted by atomic mass is 9.98. The highest BCUT2D eigenvalue weighted by Crippen LogP contribution is 2.40. The number of benzene rings is 2. The van der Waals surface area contributed by atoms with Gasteiger partial charge in [-0.15, -0.1) is 0 Å². The van der Waals surface area contributed by atoms with Gasteiger partial charge in [0.05, 0.1) is 31.9 Å². The van der Waals surface area contributed by atoms with Crippen LogP contribution in [0.1, 0.15) is 25.7 Å². The average molecular weight is 449 g/mol. The molecule has 2 fully saturated rings. The highest BCUT2D eigenvalue weighted by atomic mass is 79.9. The zero-order chi connectivity index (χ0) is 19.0. The van der Waals surface area contributed by atoms with E-state index < -0.39 is 11.9 Å². The van der Waals surface area contributed by atoms with Crippen LogP contribution in [-0.2, 0) is 4.74 Å². The van der Waals surface area contributed by atoms with Crippen LogP contribution < -0.4 is 22.3 Å². The summed E-state index contributed by atoms with van der Waals surface area (Å²) in [5.74, 6) is -0.463. The highest BCUT2D eigenvalue weighted by Gasteiger charge is 2.49. The predicted molar refractivity (Wildman–Crippen MR) is 104 cm³/mol. The van der Waals surface area contributed by atoms with E-state index in [1.54, 1.807) is 12.1 Å². The largest absolute Gasteiger partial charge is 1.00 e. The van der Waals surface area contributed by atoms with Gasteiger partial charge < -0.3 is 26.2 Å². The van der Waals surface area contributed by atoms with Crippen molar-refractivity contribution in [2.75, 3.05) is 19.4 Å². The van der Waals surface area contributed by atoms with E-state index in [1.165, 1.54) is 18.9 Å². The molecule has 1 unspecified atom stereocenters. The van der Waals surface area contributed by atoms with Gasteiger partial charge in [-0.05, 0) is 11.6 Å². The Bertz CT molecular complexity index is 828. The lowest BCUT2D eigenvalue weighted by Crippen LogP contribution is -3.00. The summed E-state index contributed by atoms with van der Waals surface area (Å²) in [4.78, 5) is 12.5. The van der Waals surface area contributed by atoms with Gasteiger partial charge in [0.25, 0.3) is 0 Å². The van der Waals surface area contributed by atoms with E-state index >= 15 is 0 Å². The van der Waals surface area contributed by atoms with Gasteiger partial charge in [0.2, 0.25) is 0 Å². The molecule has 1 amide bonds. The van der Waals surface area contributed by atoms with Crippen LogP contribution in [-0.4, -0.2) is 42.9 Å². The number of halogens is 2. The maximum atomic E-state index is 14.4. The maximum Gasteiger partial charge on any atom is 0.412 e. The number of amides is 1. The summed E-state index contributed by atoms with van der Waals surface area (Å²) in [5, 5.41) is 2.65. The number of nitrogens with one attached hydrogen (secondary N) is 1. The Labute approximate surface area is 176 Å². The van der Waals surface area contributed by atoms with Gasteiger partial charge in [-0.3, -0.25) is 5.32 Å². The molecule has 4 rings (SSSR count). The zero-order valence-corrected chi connectivity index (χ0v) is 17.8. The molecule has 6 heteroatoms. The van der Waals surface area contributed by atoms with Crippen LogP contribution >= 0.6 is 0 Å². The first-order valence-corrected chi connectivity index (χ1v) is 9.60. The Kier molecular flexibility index (Phi) is 6.10. The number of nitrogens with zero attached hydrogens (tertiary/aromatic N) is 1. The quantitative estimate of drug-likeness (QED) is 0.727. The molecule has 0 aliphatic carbocycles. The van der Waals surface area contributed by atoms with Gasteiger partial charge >= 0.3 is 6.09 Å². The number of ether oxygens (including phenoxy) is 1. The molecule has 0 radical (unpaired) electrons. The Morgan fingerprint density at radius 3 is 2.32 bits per heavy atom. The first-order valence-electron chi connectivity index (χ1n) is 9.60. The number of piperidine rings is 1. The summed E-state index contributed by atoms with van der Waals surface area (Å²) in [5.41, 5.74) is 1.67. The second-order valence-electron chi connectivity index (χ2n) is 8.17. The van der Waals surface area contributed by atoms with Gasteiger partial charge in [0.15, 0.2) is 0 Å². The number of para-hydroxylation sites is 1. The molecule has 28 heavy (non-hydrogen) atoms. The number of hydrogen-bond donors (Lipinski definition) is 1. The van der Waals surface area contributed by atoms with E-state index in [-0.39, 0.29) is 28.8 Å². The second kappa shape index (κ2) is 8.21. The van der Waals surface area contributed by atoms with Crippen LogP contribution in [0.2, 0.25) is 0 Å². The zero-order valence-electron chi connectivity index (χ0n) is 16.2. The van der Waals surface area contributed by atoms with E-state index in [9.17, 15) is 9.18 Å². The van der Waals surface area contributed by atoms with Crippen LogP contribution in [0.3, 0.4) is 0 Å². The molecule has 2 aliphatic heterocycles. The number of anilines is 1. The summed E-state index contributed by atoms with van der Waals surface area (Å²) < 4.78 is 21.1. The van der Waals surface area contributed by atoms with Gasteiger partial charge in [-0.25, -0.2) is 9.18 Å². The van der Waals surface area contributed by atoms with Crippen LogP contribution in [0.5, 0.6) is 0 Å². The van der Waals surface area contributed by atoms with E-state index in [0.717, 1.165) is 22.9 Å². The Morgan fingerprint density at radius 1 is 1.04 bits per heavy atom. The van der Waals surface area contributed by atoms with E-state index in [2.05, 4.69) is 19.4 Å². The predicted octanol–water partition coefficient (Wildman–Crippen LogP) is 1.81. The summed E-state index contributed by atoms with van der Waals surface area (Å²) >= 11 is 0. The number of rotatable bonds is 3. The van der Waals surface area contributed by atoms with Crippen molar-refractivity contribution in [3.63, 3.8) is 0 Å². The normalized spacial score (nSPS) is 24.9. The SMILES string of the molecule is C[N+]1(C)[C@@H]2CC[C@H]1CC(OC(=O)Nc1c(F)cccc1-c1ccccc1)C2.[Br-]. The fraction of sp³-hybridized carbons (Fsp3) is 0.409. The smallest absolute Gasteiger partial charge is 0.412 e. The molecule has 0 aromatic heterocycles. The fourth-order valence-corrected chi connectivity index (χ4v) is 4.72. The molecule has 150 valence electrons. The maximum absolute atomic E-state index is 14.4. The van der Waals surface area contributed by atoms with E-state index in [1.807, 2.05) is 30.3 Å². The number of fused-ring (bicyclic) bond motifs is 2. The van der Waals surface area contributed by atoms with Crippen LogP contribution in [0.15, 0.2) is 48.5 Å². The van der Waals surface area contributed by atoms with Gasteiger partial charge in [-0.2, -0.15) is 0 Å². The first kappa shape index (κ1) is 20.8. The van der Waals surface area contributed by atoms with Crippen molar-refractivity contribution in [2.45, 2.75) is 43.9 Å². The van der Waals surface area contributed by atoms with Crippen LogP contribution in [0, 0.1) is 5.82 Å². The standard InChI is InChI=1S/C22H25FN2O2.BrH/c1-25(2)16-11-12-17(25)14-18(13-16)27-22(26)24-21-19(9-6-10-20(21)23)15-7-4-3-5-8-15;/h3-10,16-18H,11-14H2,1-2H3;1H/t16-,17+,18?;. The molecule has 2 aliphatic rings. The molecule has 3 atom stereocenters. The fourth-order valence-electron chi connectivity index (χ4n) is 4.72. The van der Waals surface area contributed by atoms with Gasteiger partial charge in [-0.1, -0.05) is 42.5 Å². The minimum absolute atomic E-state index is 0. The molecule has 4 nitrogen and oxygen atoms in total. The molecule has 2 aromatic rings. The van der Waals surface area contributed by atoms with Crippen molar-refractivity contribution in [1.82, 2.24) is 0 Å². The molecule has 0 saturated carbocycles. The number of hydrogen-bond acceptors (Lipinski definition) is 2. The van der Waals surface area contributed by atoms with E-state index in [4.69, 9.17) is 4.74 Å². The third-order valence-corrected chi connectivity index (χ3v) is 6.38. The molecule has 2 bridgehead atoms. The summed E-state index contributed by atoms with van der Waals surface area (Å²) in [6.07, 6.45) is 3.45. The van der Waals surface area contributed by atoms with Gasteiger partial charge in [0, 0.05) is 31.2 Å². The lowest BCUT2D eigenvalue weighted by molar-refractivity contribution is -0.931. The molecule has 2 saturated heterocycles. The Balaban J connectivity index is 0.00000225. The molecule has 1 N–H and O–H groups in total. The summed E-state index contributed by atoms with van der Waals surface area (Å²) in [7, 11) is 4.54. The average Bonchev–Trinajstić information content (AvgIpc) is 2.82. The topological polar surface area (TPSA) is 38.3 Å². The van der Waals surface area contributed by atoms with Crippen molar-refractivity contribution in [2.24, 2.45) is 0 Å². The summed E-state index contributed by atoms with van der Waals surface area (Å²) in [6.45, 7) is 0. The monoisotopic (exact) mass is 448 g/mol. The number of quaternary nitrogens is 1. The lowest BCUT2D eigenvalue weighted by Gasteiger charge is -2.43. The van der Waals surface area contributed by atoms with Crippen molar-refractivity contribution < 1.29 is 35.4 Å². The minimum Gasteiger partial charge on any atom is -1.00 e. The Hall–Kier alpha value is -1.92. The van der Waals surface area contributed by atoms with Crippen LogP contribution in [0.4, 0.5) is 14.9 Å². The third kappa shape index (κ3) is 3.94. The van der Waals surface area contributed by atoms with Crippen molar-refractivity contribution in [1.29, 1.82) is 0 Å². The van der Waals surface area contributed by atoms with Crippen molar-refractivity contribution in [3.8, 4) is 11.1 Å². The number of carbonyl (C=O) groups excluding carboxylic acids is 1. The molecule has 2 aromatic carbocycles. The van der Waals surface area contributed by atoms with Gasteiger partial charge in [0.1, 0.15) is 11.9 Å². The Morgan fingerprint density at radius 2 is 1.68 bits per heavy atom. The minimum atomic E-state index is -0.575. The van der Waals surface area contributed by atoms with Crippen molar-refractivity contribution in [3.05, 3.63) is 54.3 Å². The molecular weight excluding hydrogens is 423 g/mol. The second-order valence-corrected chi connectivity index (χ2v) is 8.17. The number of carbonyl (C=O) groups is 1. The molecule has 0 spiro atoms. The first-order chi connectivity index (χ1) is 12.9. The third-order valence-electron chi connectivity index (χ3n) is 6.38. The molecular formula is C22H26BrFN2O2. The van der Waals surface area contributed by atoms with Crippen LogP contribution in [0.25, 0.3) is 11.1 Å². The van der Waals surface area contributed by atoms with Crippen molar-refractivity contribution >= 4 is 11.8 Å².